The van der Waals surface area contributed by atoms with Crippen LogP contribution in [0.3, 0.4) is 0 Å². The van der Waals surface area contributed by atoms with E-state index >= 15 is 0 Å². The molecule has 2 amide bonds. The summed E-state index contributed by atoms with van der Waals surface area (Å²) in [7, 11) is 3.96. The monoisotopic (exact) mass is 544 g/mol. The van der Waals surface area contributed by atoms with Gasteiger partial charge in [0.15, 0.2) is 0 Å². The summed E-state index contributed by atoms with van der Waals surface area (Å²) in [6.07, 6.45) is 7.27. The summed E-state index contributed by atoms with van der Waals surface area (Å²) in [4.78, 5) is 46.2. The molecule has 2 saturated heterocycles. The Hall–Kier alpha value is -3.83. The Bertz CT molecular complexity index is 1380. The van der Waals surface area contributed by atoms with Gasteiger partial charge in [-0.3, -0.25) is 19.9 Å². The Kier molecular flexibility index (Phi) is 8.18. The van der Waals surface area contributed by atoms with Crippen molar-refractivity contribution in [3.63, 3.8) is 0 Å². The van der Waals surface area contributed by atoms with Gasteiger partial charge in [-0.1, -0.05) is 0 Å². The van der Waals surface area contributed by atoms with E-state index in [1.807, 2.05) is 31.3 Å². The van der Waals surface area contributed by atoms with Crippen LogP contribution in [-0.2, 0) is 11.3 Å². The maximum absolute atomic E-state index is 11.8. The van der Waals surface area contributed by atoms with Crippen LogP contribution in [0.25, 0.3) is 17.3 Å². The van der Waals surface area contributed by atoms with E-state index in [1.165, 1.54) is 5.56 Å². The number of nitrogens with one attached hydrogen (secondary N) is 2. The number of aryl methyl sites for hydroxylation is 1. The van der Waals surface area contributed by atoms with Crippen LogP contribution in [0.5, 0.6) is 0 Å². The van der Waals surface area contributed by atoms with E-state index in [4.69, 9.17) is 4.98 Å². The second-order valence-corrected chi connectivity index (χ2v) is 11.0. The van der Waals surface area contributed by atoms with Crippen LogP contribution < -0.4 is 20.4 Å². The molecule has 5 rings (SSSR count). The number of amides is 2. The third-order valence-corrected chi connectivity index (χ3v) is 7.56. The SMILES string of the molecule is Cc1cc(CNCC2CCN(c3nccc(/C=C4\SC(=O)NC4=O)n3)CC2)nc(-c2ccc(N(C)C)nc2)c1. The first-order valence-electron chi connectivity index (χ1n) is 13.0. The fourth-order valence-electron chi connectivity index (χ4n) is 4.67. The van der Waals surface area contributed by atoms with E-state index in [0.717, 1.165) is 67.0 Å². The Morgan fingerprint density at radius 1 is 1.13 bits per heavy atom. The molecule has 0 aromatic carbocycles. The lowest BCUT2D eigenvalue weighted by molar-refractivity contribution is -0.115. The van der Waals surface area contributed by atoms with Gasteiger partial charge in [-0.25, -0.2) is 15.0 Å². The molecule has 0 spiro atoms. The van der Waals surface area contributed by atoms with E-state index in [9.17, 15) is 9.59 Å². The van der Waals surface area contributed by atoms with Crippen LogP contribution in [0.1, 0.15) is 29.8 Å². The van der Waals surface area contributed by atoms with E-state index < -0.39 is 0 Å². The fraction of sp³-hybridized carbons (Fsp3) is 0.357. The molecule has 10 nitrogen and oxygen atoms in total. The number of carbonyl (C=O) groups is 2. The zero-order valence-corrected chi connectivity index (χ0v) is 23.2. The molecule has 2 N–H and O–H groups in total. The molecule has 3 aromatic heterocycles. The highest BCUT2D eigenvalue weighted by Gasteiger charge is 2.26. The van der Waals surface area contributed by atoms with Crippen molar-refractivity contribution >= 4 is 40.8 Å². The summed E-state index contributed by atoms with van der Waals surface area (Å²) >= 11 is 0.889. The molecule has 0 saturated carbocycles. The molecule has 11 heteroatoms. The molecule has 2 aliphatic rings. The zero-order chi connectivity index (χ0) is 27.4. The van der Waals surface area contributed by atoms with Crippen LogP contribution in [0.2, 0.25) is 0 Å². The minimum absolute atomic E-state index is 0.351. The summed E-state index contributed by atoms with van der Waals surface area (Å²) in [5.74, 6) is 1.75. The molecular weight excluding hydrogens is 512 g/mol. The summed E-state index contributed by atoms with van der Waals surface area (Å²) in [6, 6.07) is 10.0. The van der Waals surface area contributed by atoms with Gasteiger partial charge in [0.25, 0.3) is 11.1 Å². The Labute approximate surface area is 232 Å². The molecule has 0 bridgehead atoms. The molecule has 0 radical (unpaired) electrons. The molecule has 2 fully saturated rings. The highest BCUT2D eigenvalue weighted by atomic mass is 32.2. The number of nitrogens with zero attached hydrogens (tertiary/aromatic N) is 6. The van der Waals surface area contributed by atoms with Crippen molar-refractivity contribution in [1.82, 2.24) is 30.6 Å². The number of imide groups is 1. The molecule has 2 aliphatic heterocycles. The Morgan fingerprint density at radius 3 is 2.64 bits per heavy atom. The number of hydrogen-bond acceptors (Lipinski definition) is 10. The van der Waals surface area contributed by atoms with Crippen LogP contribution in [0, 0.1) is 12.8 Å². The first-order chi connectivity index (χ1) is 18.8. The van der Waals surface area contributed by atoms with Crippen molar-refractivity contribution in [1.29, 1.82) is 0 Å². The third-order valence-electron chi connectivity index (χ3n) is 6.75. The topological polar surface area (TPSA) is 116 Å². The molecule has 3 aromatic rings. The van der Waals surface area contributed by atoms with E-state index in [2.05, 4.69) is 55.6 Å². The number of piperidine rings is 1. The normalized spacial score (nSPS) is 17.1. The van der Waals surface area contributed by atoms with Gasteiger partial charge in [-0.2, -0.15) is 0 Å². The van der Waals surface area contributed by atoms with Gasteiger partial charge in [0.1, 0.15) is 5.82 Å². The molecule has 202 valence electrons. The first kappa shape index (κ1) is 26.8. The van der Waals surface area contributed by atoms with Crippen LogP contribution in [0.4, 0.5) is 16.6 Å². The Morgan fingerprint density at radius 2 is 1.95 bits per heavy atom. The predicted molar refractivity (Wildman–Crippen MR) is 154 cm³/mol. The Balaban J connectivity index is 1.13. The number of aromatic nitrogens is 4. The number of pyridine rings is 2. The van der Waals surface area contributed by atoms with Crippen LogP contribution in [0.15, 0.2) is 47.6 Å². The van der Waals surface area contributed by atoms with Gasteiger partial charge < -0.3 is 15.1 Å². The second-order valence-electron chi connectivity index (χ2n) is 10.0. The van der Waals surface area contributed by atoms with Gasteiger partial charge >= 0.3 is 0 Å². The lowest BCUT2D eigenvalue weighted by Crippen LogP contribution is -2.38. The zero-order valence-electron chi connectivity index (χ0n) is 22.3. The average Bonchev–Trinajstić information content (AvgIpc) is 3.25. The second kappa shape index (κ2) is 11.9. The predicted octanol–water partition coefficient (Wildman–Crippen LogP) is 3.64. The van der Waals surface area contributed by atoms with E-state index in [-0.39, 0.29) is 11.1 Å². The van der Waals surface area contributed by atoms with Gasteiger partial charge in [0.2, 0.25) is 5.95 Å². The highest BCUT2D eigenvalue weighted by Crippen LogP contribution is 2.26. The molecule has 39 heavy (non-hydrogen) atoms. The summed E-state index contributed by atoms with van der Waals surface area (Å²) < 4.78 is 0. The van der Waals surface area contributed by atoms with E-state index in [0.29, 0.717) is 29.0 Å². The van der Waals surface area contributed by atoms with Crippen LogP contribution >= 0.6 is 11.8 Å². The van der Waals surface area contributed by atoms with Crippen molar-refractivity contribution in [3.8, 4) is 11.3 Å². The standard InChI is InChI=1S/C28H32N8O2S/c1-18-12-22(32-23(13-18)20-4-5-25(31-16-20)35(2)3)17-29-15-19-7-10-36(11-8-19)27-30-9-6-21(33-27)14-24-26(37)34-28(38)39-24/h4-6,9,12-14,16,19,29H,7-8,10-11,15,17H2,1-3H3,(H,34,37,38)/b24-14-. The molecular formula is C28H32N8O2S. The van der Waals surface area contributed by atoms with Gasteiger partial charge in [-0.05, 0) is 86.0 Å². The lowest BCUT2D eigenvalue weighted by Gasteiger charge is -2.32. The number of hydrogen-bond donors (Lipinski definition) is 2. The molecule has 5 heterocycles. The van der Waals surface area contributed by atoms with Crippen molar-refractivity contribution in [2.24, 2.45) is 5.92 Å². The maximum atomic E-state index is 11.8. The molecule has 0 unspecified atom stereocenters. The number of carbonyl (C=O) groups excluding carboxylic acids is 2. The van der Waals surface area contributed by atoms with Crippen molar-refractivity contribution in [3.05, 3.63) is 64.6 Å². The highest BCUT2D eigenvalue weighted by molar-refractivity contribution is 8.18. The molecule has 0 aliphatic carbocycles. The maximum Gasteiger partial charge on any atom is 0.290 e. The van der Waals surface area contributed by atoms with Crippen LogP contribution in [-0.4, -0.2) is 64.8 Å². The minimum Gasteiger partial charge on any atom is -0.363 e. The minimum atomic E-state index is -0.383. The van der Waals surface area contributed by atoms with Crippen molar-refractivity contribution < 1.29 is 9.59 Å². The first-order valence-corrected chi connectivity index (χ1v) is 13.8. The summed E-state index contributed by atoms with van der Waals surface area (Å²) in [5.41, 5.74) is 4.77. The number of anilines is 2. The van der Waals surface area contributed by atoms with Gasteiger partial charge in [0, 0.05) is 51.7 Å². The largest absolute Gasteiger partial charge is 0.363 e. The van der Waals surface area contributed by atoms with Crippen molar-refractivity contribution in [2.45, 2.75) is 26.3 Å². The van der Waals surface area contributed by atoms with Crippen molar-refractivity contribution in [2.75, 3.05) is 43.5 Å². The van der Waals surface area contributed by atoms with E-state index in [1.54, 1.807) is 18.3 Å². The third kappa shape index (κ3) is 6.79. The van der Waals surface area contributed by atoms with Gasteiger partial charge in [-0.15, -0.1) is 0 Å². The molecule has 0 atom stereocenters. The fourth-order valence-corrected chi connectivity index (χ4v) is 5.34. The average molecular weight is 545 g/mol. The smallest absolute Gasteiger partial charge is 0.290 e. The summed E-state index contributed by atoms with van der Waals surface area (Å²) in [6.45, 7) is 5.46. The number of thioether (sulfide) groups is 1. The summed E-state index contributed by atoms with van der Waals surface area (Å²) in [5, 5.41) is 5.51. The number of rotatable bonds is 8. The quantitative estimate of drug-likeness (QED) is 0.407. The van der Waals surface area contributed by atoms with Gasteiger partial charge in [0.05, 0.1) is 22.0 Å². The lowest BCUT2D eigenvalue weighted by atomic mass is 9.97.